The lowest BCUT2D eigenvalue weighted by Crippen LogP contribution is -2.31. The van der Waals surface area contributed by atoms with Gasteiger partial charge in [0.2, 0.25) is 0 Å². The predicted octanol–water partition coefficient (Wildman–Crippen LogP) is 4.44. The SMILES string of the molecule is CN=C(NCCCCC(F)(F)F)Nc1cccc(OCCCOC)c1.I. The zero-order valence-electron chi connectivity index (χ0n) is 15.1. The zero-order chi connectivity index (χ0) is 18.5. The Balaban J connectivity index is 0.00000625. The van der Waals surface area contributed by atoms with E-state index < -0.39 is 12.6 Å². The van der Waals surface area contributed by atoms with Crippen LogP contribution < -0.4 is 15.4 Å². The molecule has 5 nitrogen and oxygen atoms in total. The molecule has 0 aliphatic carbocycles. The van der Waals surface area contributed by atoms with Crippen LogP contribution in [-0.4, -0.2) is 46.1 Å². The average molecular weight is 489 g/mol. The number of aliphatic imine (C=N–C) groups is 1. The first-order valence-corrected chi connectivity index (χ1v) is 8.21. The van der Waals surface area contributed by atoms with Crippen molar-refractivity contribution >= 4 is 35.6 Å². The molecule has 26 heavy (non-hydrogen) atoms. The van der Waals surface area contributed by atoms with E-state index in [-0.39, 0.29) is 30.4 Å². The summed E-state index contributed by atoms with van der Waals surface area (Å²) in [5.41, 5.74) is 0.785. The van der Waals surface area contributed by atoms with Gasteiger partial charge in [0, 0.05) is 51.9 Å². The number of alkyl halides is 3. The van der Waals surface area contributed by atoms with Crippen LogP contribution >= 0.6 is 24.0 Å². The summed E-state index contributed by atoms with van der Waals surface area (Å²) in [5.74, 6) is 1.23. The lowest BCUT2D eigenvalue weighted by molar-refractivity contribution is -0.135. The fraction of sp³-hybridized carbons (Fsp3) is 0.588. The molecule has 0 saturated carbocycles. The van der Waals surface area contributed by atoms with Crippen LogP contribution in [0.4, 0.5) is 18.9 Å². The third-order valence-corrected chi connectivity index (χ3v) is 3.26. The van der Waals surface area contributed by atoms with E-state index in [1.165, 1.54) is 0 Å². The molecule has 0 fully saturated rings. The van der Waals surface area contributed by atoms with Crippen LogP contribution in [0.5, 0.6) is 5.75 Å². The second kappa shape index (κ2) is 13.9. The van der Waals surface area contributed by atoms with E-state index in [0.717, 1.165) is 17.9 Å². The van der Waals surface area contributed by atoms with Gasteiger partial charge in [-0.1, -0.05) is 6.07 Å². The van der Waals surface area contributed by atoms with Gasteiger partial charge in [-0.3, -0.25) is 4.99 Å². The van der Waals surface area contributed by atoms with Crippen molar-refractivity contribution in [3.63, 3.8) is 0 Å². The number of rotatable bonds is 10. The molecule has 9 heteroatoms. The number of anilines is 1. The first kappa shape index (κ1) is 24.8. The largest absolute Gasteiger partial charge is 0.493 e. The number of ether oxygens (including phenoxy) is 2. The minimum absolute atomic E-state index is 0. The van der Waals surface area contributed by atoms with Crippen LogP contribution in [0.1, 0.15) is 25.7 Å². The highest BCUT2D eigenvalue weighted by atomic mass is 127. The number of guanidine groups is 1. The van der Waals surface area contributed by atoms with Crippen molar-refractivity contribution in [1.82, 2.24) is 5.32 Å². The molecule has 0 atom stereocenters. The van der Waals surface area contributed by atoms with Crippen LogP contribution in [0, 0.1) is 0 Å². The van der Waals surface area contributed by atoms with Crippen LogP contribution in [0.25, 0.3) is 0 Å². The molecular weight excluding hydrogens is 462 g/mol. The maximum Gasteiger partial charge on any atom is 0.389 e. The molecule has 150 valence electrons. The molecule has 2 N–H and O–H groups in total. The predicted molar refractivity (Wildman–Crippen MR) is 109 cm³/mol. The molecule has 0 aromatic heterocycles. The Hall–Kier alpha value is -1.23. The molecule has 0 aliphatic heterocycles. The van der Waals surface area contributed by atoms with E-state index in [9.17, 15) is 13.2 Å². The Bertz CT molecular complexity index is 528. The number of hydrogen-bond donors (Lipinski definition) is 2. The molecule has 0 amide bonds. The number of methoxy groups -OCH3 is 1. The van der Waals surface area contributed by atoms with Gasteiger partial charge in [0.25, 0.3) is 0 Å². The normalized spacial score (nSPS) is 11.7. The number of hydrogen-bond acceptors (Lipinski definition) is 3. The van der Waals surface area contributed by atoms with Crippen molar-refractivity contribution in [3.8, 4) is 5.75 Å². The van der Waals surface area contributed by atoms with E-state index in [1.54, 1.807) is 14.2 Å². The van der Waals surface area contributed by atoms with Crippen LogP contribution in [-0.2, 0) is 4.74 Å². The van der Waals surface area contributed by atoms with Crippen molar-refractivity contribution in [2.75, 3.05) is 39.2 Å². The van der Waals surface area contributed by atoms with Gasteiger partial charge in [-0.15, -0.1) is 24.0 Å². The van der Waals surface area contributed by atoms with Crippen molar-refractivity contribution in [1.29, 1.82) is 0 Å². The topological polar surface area (TPSA) is 54.9 Å². The standard InChI is InChI=1S/C17H26F3N3O2.HI/c1-21-16(22-10-4-3-9-17(18,19)20)23-14-7-5-8-15(13-14)25-12-6-11-24-2;/h5,7-8,13H,3-4,6,9-12H2,1-2H3,(H2,21,22,23);1H. The van der Waals surface area contributed by atoms with E-state index in [2.05, 4.69) is 15.6 Å². The molecule has 0 bridgehead atoms. The van der Waals surface area contributed by atoms with E-state index >= 15 is 0 Å². The van der Waals surface area contributed by atoms with Crippen molar-refractivity contribution in [2.45, 2.75) is 31.9 Å². The Labute approximate surface area is 169 Å². The molecule has 0 spiro atoms. The number of halogens is 4. The van der Waals surface area contributed by atoms with Crippen LogP contribution in [0.15, 0.2) is 29.3 Å². The lowest BCUT2D eigenvalue weighted by Gasteiger charge is -2.13. The highest BCUT2D eigenvalue weighted by Gasteiger charge is 2.25. The molecule has 0 radical (unpaired) electrons. The molecule has 1 aromatic carbocycles. The number of nitrogens with one attached hydrogen (secondary N) is 2. The van der Waals surface area contributed by atoms with Gasteiger partial charge in [0.15, 0.2) is 5.96 Å². The fourth-order valence-corrected chi connectivity index (χ4v) is 2.03. The molecule has 0 unspecified atom stereocenters. The first-order chi connectivity index (χ1) is 11.9. The van der Waals surface area contributed by atoms with Gasteiger partial charge in [0.05, 0.1) is 6.61 Å². The minimum atomic E-state index is -4.09. The first-order valence-electron chi connectivity index (χ1n) is 8.21. The van der Waals surface area contributed by atoms with Gasteiger partial charge in [-0.2, -0.15) is 13.2 Å². The maximum absolute atomic E-state index is 12.1. The highest BCUT2D eigenvalue weighted by molar-refractivity contribution is 14.0. The number of nitrogens with zero attached hydrogens (tertiary/aromatic N) is 1. The summed E-state index contributed by atoms with van der Waals surface area (Å²) in [5, 5.41) is 6.09. The summed E-state index contributed by atoms with van der Waals surface area (Å²) in [6, 6.07) is 7.40. The summed E-state index contributed by atoms with van der Waals surface area (Å²) in [6.45, 7) is 1.62. The Kier molecular flexibility index (Phi) is 13.2. The summed E-state index contributed by atoms with van der Waals surface area (Å²) in [4.78, 5) is 4.06. The van der Waals surface area contributed by atoms with E-state index in [0.29, 0.717) is 32.1 Å². The second-order valence-electron chi connectivity index (χ2n) is 5.42. The molecule has 1 rings (SSSR count). The highest BCUT2D eigenvalue weighted by Crippen LogP contribution is 2.22. The number of benzene rings is 1. The van der Waals surface area contributed by atoms with Crippen LogP contribution in [0.2, 0.25) is 0 Å². The Morgan fingerprint density at radius 3 is 2.58 bits per heavy atom. The summed E-state index contributed by atoms with van der Waals surface area (Å²) >= 11 is 0. The van der Waals surface area contributed by atoms with Gasteiger partial charge in [-0.25, -0.2) is 0 Å². The molecule has 0 saturated heterocycles. The third-order valence-electron chi connectivity index (χ3n) is 3.26. The molecule has 0 aliphatic rings. The fourth-order valence-electron chi connectivity index (χ4n) is 2.03. The second-order valence-corrected chi connectivity index (χ2v) is 5.42. The quantitative estimate of drug-likeness (QED) is 0.221. The minimum Gasteiger partial charge on any atom is -0.493 e. The summed E-state index contributed by atoms with van der Waals surface area (Å²) < 4.78 is 46.9. The van der Waals surface area contributed by atoms with Gasteiger partial charge >= 0.3 is 6.18 Å². The Morgan fingerprint density at radius 2 is 1.92 bits per heavy atom. The third kappa shape index (κ3) is 12.2. The van der Waals surface area contributed by atoms with Crippen molar-refractivity contribution in [3.05, 3.63) is 24.3 Å². The van der Waals surface area contributed by atoms with E-state index in [1.807, 2.05) is 24.3 Å². The maximum atomic E-state index is 12.1. The van der Waals surface area contributed by atoms with Crippen molar-refractivity contribution < 1.29 is 22.6 Å². The van der Waals surface area contributed by atoms with E-state index in [4.69, 9.17) is 9.47 Å². The summed E-state index contributed by atoms with van der Waals surface area (Å²) in [6.07, 6.45) is -3.54. The monoisotopic (exact) mass is 489 g/mol. The molecule has 0 heterocycles. The van der Waals surface area contributed by atoms with Crippen molar-refractivity contribution in [2.24, 2.45) is 4.99 Å². The molecule has 1 aromatic rings. The van der Waals surface area contributed by atoms with Crippen LogP contribution in [0.3, 0.4) is 0 Å². The number of unbranched alkanes of at least 4 members (excludes halogenated alkanes) is 1. The summed E-state index contributed by atoms with van der Waals surface area (Å²) in [7, 11) is 3.25. The van der Waals surface area contributed by atoms with Gasteiger partial charge in [-0.05, 0) is 25.0 Å². The zero-order valence-corrected chi connectivity index (χ0v) is 17.4. The molecular formula is C17H27F3IN3O2. The lowest BCUT2D eigenvalue weighted by atomic mass is 10.2. The van der Waals surface area contributed by atoms with Gasteiger partial charge < -0.3 is 20.1 Å². The smallest absolute Gasteiger partial charge is 0.389 e. The Morgan fingerprint density at radius 1 is 1.15 bits per heavy atom. The average Bonchev–Trinajstić information content (AvgIpc) is 2.57. The van der Waals surface area contributed by atoms with Gasteiger partial charge in [0.1, 0.15) is 5.75 Å².